The van der Waals surface area contributed by atoms with Crippen molar-refractivity contribution in [2.24, 2.45) is 0 Å². The molecule has 0 spiro atoms. The molecule has 15 heavy (non-hydrogen) atoms. The zero-order valence-electron chi connectivity index (χ0n) is 9.62. The largest absolute Gasteiger partial charge is 0.480 e. The molecule has 0 aliphatic heterocycles. The molecule has 0 fully saturated rings. The molecule has 0 saturated heterocycles. The average molecular weight is 216 g/mol. The van der Waals surface area contributed by atoms with E-state index in [0.717, 1.165) is 12.8 Å². The minimum atomic E-state index is -0.967. The third kappa shape index (κ3) is 4.67. The quantitative estimate of drug-likeness (QED) is 0.657. The number of aliphatic carboxylic acids is 1. The lowest BCUT2D eigenvalue weighted by molar-refractivity contribution is -0.141. The molecule has 0 aliphatic carbocycles. The summed E-state index contributed by atoms with van der Waals surface area (Å²) in [6.07, 6.45) is 2.32. The van der Waals surface area contributed by atoms with Crippen LogP contribution in [0, 0.1) is 0 Å². The van der Waals surface area contributed by atoms with E-state index >= 15 is 0 Å². The fourth-order valence-corrected chi connectivity index (χ4v) is 1.25. The van der Waals surface area contributed by atoms with Gasteiger partial charge in [0, 0.05) is 13.6 Å². The lowest BCUT2D eigenvalue weighted by atomic mass is 10.2. The first-order valence-corrected chi connectivity index (χ1v) is 5.28. The van der Waals surface area contributed by atoms with Crippen molar-refractivity contribution in [3.8, 4) is 0 Å². The van der Waals surface area contributed by atoms with Gasteiger partial charge >= 0.3 is 12.0 Å². The summed E-state index contributed by atoms with van der Waals surface area (Å²) in [5, 5.41) is 11.5. The van der Waals surface area contributed by atoms with Crippen molar-refractivity contribution in [3.63, 3.8) is 0 Å². The van der Waals surface area contributed by atoms with E-state index in [1.54, 1.807) is 6.92 Å². The summed E-state index contributed by atoms with van der Waals surface area (Å²) in [6.45, 7) is 4.37. The summed E-state index contributed by atoms with van der Waals surface area (Å²) < 4.78 is 0. The van der Waals surface area contributed by atoms with Gasteiger partial charge in [0.05, 0.1) is 0 Å². The minimum Gasteiger partial charge on any atom is -0.480 e. The van der Waals surface area contributed by atoms with E-state index in [9.17, 15) is 9.59 Å². The van der Waals surface area contributed by atoms with Crippen LogP contribution in [-0.4, -0.2) is 41.6 Å². The van der Waals surface area contributed by atoms with Crippen LogP contribution in [0.2, 0.25) is 0 Å². The van der Waals surface area contributed by atoms with Crippen molar-refractivity contribution in [2.45, 2.75) is 39.2 Å². The summed E-state index contributed by atoms with van der Waals surface area (Å²) in [7, 11) is 1.50. The summed E-state index contributed by atoms with van der Waals surface area (Å²) in [6, 6.07) is -1.07. The van der Waals surface area contributed by atoms with Crippen LogP contribution in [0.15, 0.2) is 0 Å². The first kappa shape index (κ1) is 13.7. The van der Waals surface area contributed by atoms with E-state index in [1.165, 1.54) is 11.9 Å². The highest BCUT2D eigenvalue weighted by atomic mass is 16.4. The molecule has 0 aromatic carbocycles. The number of carbonyl (C=O) groups excluding carboxylic acids is 1. The van der Waals surface area contributed by atoms with E-state index in [1.807, 2.05) is 6.92 Å². The van der Waals surface area contributed by atoms with Crippen molar-refractivity contribution in [2.75, 3.05) is 13.6 Å². The summed E-state index contributed by atoms with van der Waals surface area (Å²) in [5.41, 5.74) is 0. The summed E-state index contributed by atoms with van der Waals surface area (Å²) in [4.78, 5) is 23.5. The van der Waals surface area contributed by atoms with Gasteiger partial charge in [-0.1, -0.05) is 20.3 Å². The normalized spacial score (nSPS) is 11.9. The molecule has 0 radical (unpaired) electrons. The van der Waals surface area contributed by atoms with Gasteiger partial charge < -0.3 is 15.3 Å². The first-order valence-electron chi connectivity index (χ1n) is 5.28. The van der Waals surface area contributed by atoms with E-state index in [2.05, 4.69) is 5.32 Å². The number of urea groups is 1. The highest BCUT2D eigenvalue weighted by Crippen LogP contribution is 2.02. The number of carbonyl (C=O) groups is 2. The van der Waals surface area contributed by atoms with Gasteiger partial charge in [0.1, 0.15) is 6.04 Å². The Kier molecular flexibility index (Phi) is 6.49. The Bertz CT molecular complexity index is 219. The SMILES string of the molecule is CCCCNC(=O)N(C)C(CC)C(=O)O. The smallest absolute Gasteiger partial charge is 0.326 e. The minimum absolute atomic E-state index is 0.322. The maximum absolute atomic E-state index is 11.5. The number of carboxylic acid groups (broad SMARTS) is 1. The standard InChI is InChI=1S/C10H20N2O3/c1-4-6-7-11-10(15)12(3)8(5-2)9(13)14/h8H,4-7H2,1-3H3,(H,11,15)(H,13,14). The van der Waals surface area contributed by atoms with Crippen molar-refractivity contribution in [1.29, 1.82) is 0 Å². The monoisotopic (exact) mass is 216 g/mol. The van der Waals surface area contributed by atoms with Crippen molar-refractivity contribution in [3.05, 3.63) is 0 Å². The predicted octanol–water partition coefficient (Wildman–Crippen LogP) is 1.29. The Morgan fingerprint density at radius 2 is 2.00 bits per heavy atom. The molecule has 0 bridgehead atoms. The van der Waals surface area contributed by atoms with Crippen molar-refractivity contribution < 1.29 is 14.7 Å². The molecule has 0 aromatic heterocycles. The Morgan fingerprint density at radius 1 is 1.40 bits per heavy atom. The Morgan fingerprint density at radius 3 is 2.40 bits per heavy atom. The molecule has 1 unspecified atom stereocenters. The van der Waals surface area contributed by atoms with Gasteiger partial charge in [-0.2, -0.15) is 0 Å². The molecule has 5 heteroatoms. The Hall–Kier alpha value is -1.26. The molecule has 5 nitrogen and oxygen atoms in total. The van der Waals surface area contributed by atoms with E-state index in [0.29, 0.717) is 13.0 Å². The van der Waals surface area contributed by atoms with E-state index in [-0.39, 0.29) is 6.03 Å². The maximum Gasteiger partial charge on any atom is 0.326 e. The number of carboxylic acids is 1. The first-order chi connectivity index (χ1) is 7.04. The van der Waals surface area contributed by atoms with Gasteiger partial charge in [-0.25, -0.2) is 9.59 Å². The Labute approximate surface area is 90.5 Å². The number of rotatable bonds is 6. The molecule has 88 valence electrons. The highest BCUT2D eigenvalue weighted by molar-refractivity contribution is 5.82. The molecule has 0 aliphatic rings. The zero-order valence-corrected chi connectivity index (χ0v) is 9.62. The molecule has 0 saturated carbocycles. The highest BCUT2D eigenvalue weighted by Gasteiger charge is 2.23. The second-order valence-corrected chi connectivity index (χ2v) is 3.46. The van der Waals surface area contributed by atoms with Crippen LogP contribution in [0.1, 0.15) is 33.1 Å². The number of nitrogens with one attached hydrogen (secondary N) is 1. The molecule has 2 amide bonds. The van der Waals surface area contributed by atoms with E-state index < -0.39 is 12.0 Å². The van der Waals surface area contributed by atoms with Crippen molar-refractivity contribution >= 4 is 12.0 Å². The van der Waals surface area contributed by atoms with Crippen LogP contribution in [0.4, 0.5) is 4.79 Å². The molecule has 1 atom stereocenters. The number of hydrogen-bond acceptors (Lipinski definition) is 2. The van der Waals surface area contributed by atoms with Crippen LogP contribution in [-0.2, 0) is 4.79 Å². The number of unbranched alkanes of at least 4 members (excludes halogenated alkanes) is 1. The van der Waals surface area contributed by atoms with Gasteiger partial charge in [0.15, 0.2) is 0 Å². The van der Waals surface area contributed by atoms with Gasteiger partial charge in [-0.15, -0.1) is 0 Å². The number of nitrogens with zero attached hydrogens (tertiary/aromatic N) is 1. The Balaban J connectivity index is 4.10. The van der Waals surface area contributed by atoms with Crippen LogP contribution in [0.5, 0.6) is 0 Å². The van der Waals surface area contributed by atoms with E-state index in [4.69, 9.17) is 5.11 Å². The number of hydrogen-bond donors (Lipinski definition) is 2. The zero-order chi connectivity index (χ0) is 11.8. The summed E-state index contributed by atoms with van der Waals surface area (Å²) >= 11 is 0. The third-order valence-electron chi connectivity index (χ3n) is 2.27. The number of amides is 2. The number of likely N-dealkylation sites (N-methyl/N-ethyl adjacent to an activating group) is 1. The lowest BCUT2D eigenvalue weighted by Gasteiger charge is -2.23. The van der Waals surface area contributed by atoms with Crippen LogP contribution in [0.3, 0.4) is 0 Å². The molecule has 0 rings (SSSR count). The third-order valence-corrected chi connectivity index (χ3v) is 2.27. The van der Waals surface area contributed by atoms with Gasteiger partial charge in [0.2, 0.25) is 0 Å². The molecule has 0 heterocycles. The van der Waals surface area contributed by atoms with Crippen LogP contribution in [0.25, 0.3) is 0 Å². The molecular weight excluding hydrogens is 196 g/mol. The van der Waals surface area contributed by atoms with Gasteiger partial charge in [-0.05, 0) is 12.8 Å². The van der Waals surface area contributed by atoms with Gasteiger partial charge in [-0.3, -0.25) is 0 Å². The maximum atomic E-state index is 11.5. The van der Waals surface area contributed by atoms with Crippen LogP contribution >= 0.6 is 0 Å². The lowest BCUT2D eigenvalue weighted by Crippen LogP contribution is -2.47. The fraction of sp³-hybridized carbons (Fsp3) is 0.800. The van der Waals surface area contributed by atoms with Gasteiger partial charge in [0.25, 0.3) is 0 Å². The van der Waals surface area contributed by atoms with Crippen molar-refractivity contribution in [1.82, 2.24) is 10.2 Å². The van der Waals surface area contributed by atoms with Crippen LogP contribution < -0.4 is 5.32 Å². The summed E-state index contributed by atoms with van der Waals surface area (Å²) in [5.74, 6) is -0.967. The molecular formula is C10H20N2O3. The molecule has 2 N–H and O–H groups in total. The second kappa shape index (κ2) is 7.09. The second-order valence-electron chi connectivity index (χ2n) is 3.46. The predicted molar refractivity (Wildman–Crippen MR) is 57.8 cm³/mol. The topological polar surface area (TPSA) is 69.6 Å². The fourth-order valence-electron chi connectivity index (χ4n) is 1.25. The molecule has 0 aromatic rings. The average Bonchev–Trinajstić information content (AvgIpc) is 2.18.